The van der Waals surface area contributed by atoms with Crippen molar-refractivity contribution in [2.24, 2.45) is 5.73 Å². The fourth-order valence-corrected chi connectivity index (χ4v) is 1.64. The van der Waals surface area contributed by atoms with Crippen LogP contribution in [0.15, 0.2) is 0 Å². The molecule has 4 heteroatoms. The van der Waals surface area contributed by atoms with E-state index in [9.17, 15) is 4.79 Å². The molecule has 4 nitrogen and oxygen atoms in total. The molecule has 0 radical (unpaired) electrons. The van der Waals surface area contributed by atoms with Crippen LogP contribution in [-0.2, 0) is 4.79 Å². The third-order valence-electron chi connectivity index (χ3n) is 2.57. The van der Waals surface area contributed by atoms with E-state index in [-0.39, 0.29) is 11.9 Å². The molecule has 1 unspecified atom stereocenters. The van der Waals surface area contributed by atoms with Gasteiger partial charge in [-0.1, -0.05) is 26.2 Å². The van der Waals surface area contributed by atoms with E-state index in [0.717, 1.165) is 13.0 Å². The quantitative estimate of drug-likeness (QED) is 0.579. The van der Waals surface area contributed by atoms with Gasteiger partial charge in [0, 0.05) is 19.1 Å². The van der Waals surface area contributed by atoms with Crippen molar-refractivity contribution in [3.63, 3.8) is 0 Å². The van der Waals surface area contributed by atoms with Crippen LogP contribution in [0.25, 0.3) is 0 Å². The van der Waals surface area contributed by atoms with Gasteiger partial charge in [-0.3, -0.25) is 9.69 Å². The second-order valence-electron chi connectivity index (χ2n) is 4.49. The number of nitrogens with one attached hydrogen (secondary N) is 1. The van der Waals surface area contributed by atoms with Gasteiger partial charge in [0.2, 0.25) is 5.91 Å². The molecule has 1 amide bonds. The number of carbonyl (C=O) groups is 1. The molecule has 0 saturated heterocycles. The Bertz CT molecular complexity index is 185. The van der Waals surface area contributed by atoms with E-state index in [2.05, 4.69) is 19.2 Å². The summed E-state index contributed by atoms with van der Waals surface area (Å²) in [6.45, 7) is 6.05. The van der Waals surface area contributed by atoms with Crippen molar-refractivity contribution < 1.29 is 4.79 Å². The number of unbranched alkanes of at least 4 members (excludes halogenated alkanes) is 2. The van der Waals surface area contributed by atoms with E-state index < -0.39 is 0 Å². The minimum absolute atomic E-state index is 0.0972. The zero-order valence-electron chi connectivity index (χ0n) is 11.0. The summed E-state index contributed by atoms with van der Waals surface area (Å²) in [7, 11) is 1.91. The zero-order chi connectivity index (χ0) is 12.4. The fraction of sp³-hybridized carbons (Fsp3) is 0.917. The smallest absolute Gasteiger partial charge is 0.234 e. The van der Waals surface area contributed by atoms with E-state index >= 15 is 0 Å². The normalized spacial score (nSPS) is 12.8. The Kier molecular flexibility index (Phi) is 9.24. The minimum Gasteiger partial charge on any atom is -0.353 e. The van der Waals surface area contributed by atoms with E-state index in [1.54, 1.807) is 0 Å². The van der Waals surface area contributed by atoms with Gasteiger partial charge in [0.05, 0.1) is 6.54 Å². The van der Waals surface area contributed by atoms with Gasteiger partial charge in [0.25, 0.3) is 0 Å². The molecule has 0 heterocycles. The van der Waals surface area contributed by atoms with Crippen LogP contribution in [-0.4, -0.2) is 43.5 Å². The lowest BCUT2D eigenvalue weighted by Gasteiger charge is -2.18. The largest absolute Gasteiger partial charge is 0.353 e. The van der Waals surface area contributed by atoms with Crippen LogP contribution in [0.2, 0.25) is 0 Å². The summed E-state index contributed by atoms with van der Waals surface area (Å²) in [5, 5.41) is 3.01. The Morgan fingerprint density at radius 2 is 2.12 bits per heavy atom. The van der Waals surface area contributed by atoms with Crippen LogP contribution in [0.3, 0.4) is 0 Å². The first-order valence-corrected chi connectivity index (χ1v) is 6.28. The van der Waals surface area contributed by atoms with Crippen LogP contribution < -0.4 is 11.1 Å². The van der Waals surface area contributed by atoms with Crippen LogP contribution in [0.5, 0.6) is 0 Å². The molecule has 96 valence electrons. The molecule has 3 N–H and O–H groups in total. The highest BCUT2D eigenvalue weighted by Crippen LogP contribution is 2.02. The molecule has 0 aliphatic rings. The van der Waals surface area contributed by atoms with Gasteiger partial charge in [-0.2, -0.15) is 0 Å². The highest BCUT2D eigenvalue weighted by molar-refractivity contribution is 5.78. The summed E-state index contributed by atoms with van der Waals surface area (Å²) >= 11 is 0. The molecule has 0 bridgehead atoms. The van der Waals surface area contributed by atoms with Crippen molar-refractivity contribution >= 4 is 5.91 Å². The van der Waals surface area contributed by atoms with Gasteiger partial charge < -0.3 is 11.1 Å². The maximum Gasteiger partial charge on any atom is 0.234 e. The SMILES string of the molecule is CCCCCC(C)NC(=O)CN(C)CCN. The number of hydrogen-bond acceptors (Lipinski definition) is 3. The number of amides is 1. The van der Waals surface area contributed by atoms with Crippen molar-refractivity contribution in [3.05, 3.63) is 0 Å². The third-order valence-corrected chi connectivity index (χ3v) is 2.57. The fourth-order valence-electron chi connectivity index (χ4n) is 1.64. The molecule has 0 saturated carbocycles. The lowest BCUT2D eigenvalue weighted by Crippen LogP contribution is -2.41. The topological polar surface area (TPSA) is 58.4 Å². The molecule has 16 heavy (non-hydrogen) atoms. The summed E-state index contributed by atoms with van der Waals surface area (Å²) < 4.78 is 0. The lowest BCUT2D eigenvalue weighted by atomic mass is 10.1. The first-order valence-electron chi connectivity index (χ1n) is 6.28. The molecule has 0 aliphatic heterocycles. The van der Waals surface area contributed by atoms with Gasteiger partial charge in [0.1, 0.15) is 0 Å². The number of likely N-dealkylation sites (N-methyl/N-ethyl adjacent to an activating group) is 1. The van der Waals surface area contributed by atoms with Crippen molar-refractivity contribution in [3.8, 4) is 0 Å². The standard InChI is InChI=1S/C12H27N3O/c1-4-5-6-7-11(2)14-12(16)10-15(3)9-8-13/h11H,4-10,13H2,1-3H3,(H,14,16). The van der Waals surface area contributed by atoms with Gasteiger partial charge in [-0.05, 0) is 20.4 Å². The molecule has 0 aromatic carbocycles. The van der Waals surface area contributed by atoms with Gasteiger partial charge >= 0.3 is 0 Å². The first kappa shape index (κ1) is 15.4. The van der Waals surface area contributed by atoms with E-state index in [0.29, 0.717) is 13.1 Å². The summed E-state index contributed by atoms with van der Waals surface area (Å²) in [5.41, 5.74) is 5.41. The van der Waals surface area contributed by atoms with Crippen molar-refractivity contribution in [1.29, 1.82) is 0 Å². The summed E-state index contributed by atoms with van der Waals surface area (Å²) in [6, 6.07) is 0.283. The Labute approximate surface area is 99.6 Å². The molecular formula is C12H27N3O. The average Bonchev–Trinajstić information content (AvgIpc) is 2.17. The van der Waals surface area contributed by atoms with Crippen molar-refractivity contribution in [2.75, 3.05) is 26.7 Å². The highest BCUT2D eigenvalue weighted by Gasteiger charge is 2.08. The monoisotopic (exact) mass is 229 g/mol. The van der Waals surface area contributed by atoms with E-state index in [1.165, 1.54) is 19.3 Å². The van der Waals surface area contributed by atoms with E-state index in [4.69, 9.17) is 5.73 Å². The number of carbonyl (C=O) groups excluding carboxylic acids is 1. The Morgan fingerprint density at radius 3 is 2.69 bits per heavy atom. The summed E-state index contributed by atoms with van der Waals surface area (Å²) in [6.07, 6.45) is 4.73. The molecule has 0 fully saturated rings. The summed E-state index contributed by atoms with van der Waals surface area (Å²) in [4.78, 5) is 13.5. The predicted octanol–water partition coefficient (Wildman–Crippen LogP) is 0.962. The molecule has 0 aliphatic carbocycles. The average molecular weight is 229 g/mol. The van der Waals surface area contributed by atoms with Crippen LogP contribution in [0.4, 0.5) is 0 Å². The molecular weight excluding hydrogens is 202 g/mol. The number of nitrogens with two attached hydrogens (primary N) is 1. The molecule has 0 aromatic rings. The Hall–Kier alpha value is -0.610. The number of nitrogens with zero attached hydrogens (tertiary/aromatic N) is 1. The lowest BCUT2D eigenvalue weighted by molar-refractivity contribution is -0.122. The maximum absolute atomic E-state index is 11.6. The van der Waals surface area contributed by atoms with Gasteiger partial charge in [-0.15, -0.1) is 0 Å². The second kappa shape index (κ2) is 9.60. The Balaban J connectivity index is 3.61. The Morgan fingerprint density at radius 1 is 1.44 bits per heavy atom. The molecule has 0 rings (SSSR count). The van der Waals surface area contributed by atoms with E-state index in [1.807, 2.05) is 11.9 Å². The van der Waals surface area contributed by atoms with Gasteiger partial charge in [0.15, 0.2) is 0 Å². The van der Waals surface area contributed by atoms with Crippen LogP contribution in [0, 0.1) is 0 Å². The maximum atomic E-state index is 11.6. The molecule has 1 atom stereocenters. The predicted molar refractivity (Wildman–Crippen MR) is 68.3 cm³/mol. The van der Waals surface area contributed by atoms with Crippen molar-refractivity contribution in [1.82, 2.24) is 10.2 Å². The second-order valence-corrected chi connectivity index (χ2v) is 4.49. The van der Waals surface area contributed by atoms with Crippen LogP contribution in [0.1, 0.15) is 39.5 Å². The first-order chi connectivity index (χ1) is 7.60. The third kappa shape index (κ3) is 8.68. The molecule has 0 aromatic heterocycles. The summed E-state index contributed by atoms with van der Waals surface area (Å²) in [5.74, 6) is 0.0972. The zero-order valence-corrected chi connectivity index (χ0v) is 11.0. The highest BCUT2D eigenvalue weighted by atomic mass is 16.2. The van der Waals surface area contributed by atoms with Crippen LogP contribution >= 0.6 is 0 Å². The minimum atomic E-state index is 0.0972. The number of hydrogen-bond donors (Lipinski definition) is 2. The number of rotatable bonds is 9. The molecule has 0 spiro atoms. The van der Waals surface area contributed by atoms with Gasteiger partial charge in [-0.25, -0.2) is 0 Å². The van der Waals surface area contributed by atoms with Crippen molar-refractivity contribution in [2.45, 2.75) is 45.6 Å².